The minimum Gasteiger partial charge on any atom is -0.490 e. The maximum Gasteiger partial charge on any atom is 0.282 e. The molecule has 0 bridgehead atoms. The number of carbonyl (C=O) groups excluding carboxylic acids is 1. The topological polar surface area (TPSA) is 94.8 Å². The molecule has 0 radical (unpaired) electrons. The minimum atomic E-state index is -0.444. The zero-order valence-corrected chi connectivity index (χ0v) is 24.2. The Bertz CT molecular complexity index is 1650. The Hall–Kier alpha value is -4.05. The van der Waals surface area contributed by atoms with Crippen LogP contribution in [0.4, 0.5) is 10.1 Å². The van der Waals surface area contributed by atoms with Gasteiger partial charge in [0.2, 0.25) is 0 Å². The molecule has 5 rings (SSSR count). The summed E-state index contributed by atoms with van der Waals surface area (Å²) in [6.07, 6.45) is 6.92. The number of rotatable bonds is 9. The van der Waals surface area contributed by atoms with E-state index in [-0.39, 0.29) is 18.1 Å². The van der Waals surface area contributed by atoms with Crippen molar-refractivity contribution in [3.8, 4) is 11.5 Å². The van der Waals surface area contributed by atoms with Gasteiger partial charge in [-0.3, -0.25) is 9.59 Å². The first-order valence-electron chi connectivity index (χ1n) is 13.6. The summed E-state index contributed by atoms with van der Waals surface area (Å²) in [6, 6.07) is 16.3. The third-order valence-corrected chi connectivity index (χ3v) is 7.35. The fraction of sp³-hybridized carbons (Fsp3) is 0.290. The fourth-order valence-electron chi connectivity index (χ4n) is 4.93. The monoisotopic (exact) mass is 620 g/mol. The molecular formula is C31H30BrFN4O4. The van der Waals surface area contributed by atoms with Crippen molar-refractivity contribution in [1.29, 1.82) is 0 Å². The quantitative estimate of drug-likeness (QED) is 0.212. The van der Waals surface area contributed by atoms with Crippen LogP contribution in [0, 0.1) is 5.82 Å². The van der Waals surface area contributed by atoms with Crippen LogP contribution in [0.15, 0.2) is 75.0 Å². The van der Waals surface area contributed by atoms with Crippen LogP contribution in [-0.2, 0) is 4.79 Å². The molecule has 1 heterocycles. The van der Waals surface area contributed by atoms with Crippen molar-refractivity contribution in [1.82, 2.24) is 9.66 Å². The SMILES string of the molecule is CCOc1cc(C=Nn2c(C3CCCCC3)nc3ccc(Br)cc3c2=O)ccc1OCC(=O)Nc1cccc(F)c1. The van der Waals surface area contributed by atoms with Crippen LogP contribution in [0.25, 0.3) is 10.9 Å². The van der Waals surface area contributed by atoms with E-state index >= 15 is 0 Å². The Labute approximate surface area is 245 Å². The van der Waals surface area contributed by atoms with Crippen molar-refractivity contribution in [3.05, 3.63) is 92.7 Å². The molecule has 3 aromatic carbocycles. The van der Waals surface area contributed by atoms with Crippen molar-refractivity contribution in [2.75, 3.05) is 18.5 Å². The van der Waals surface area contributed by atoms with E-state index in [1.807, 2.05) is 19.1 Å². The van der Waals surface area contributed by atoms with Crippen molar-refractivity contribution < 1.29 is 18.7 Å². The molecule has 41 heavy (non-hydrogen) atoms. The maximum atomic E-state index is 13.6. The number of halogens is 2. The normalized spacial score (nSPS) is 13.9. The first-order valence-corrected chi connectivity index (χ1v) is 14.4. The second-order valence-corrected chi connectivity index (χ2v) is 10.7. The lowest BCUT2D eigenvalue weighted by Crippen LogP contribution is -2.25. The van der Waals surface area contributed by atoms with Gasteiger partial charge in [0.25, 0.3) is 11.5 Å². The number of amides is 1. The molecular weight excluding hydrogens is 591 g/mol. The van der Waals surface area contributed by atoms with Gasteiger partial charge in [0.05, 0.1) is 23.7 Å². The second kappa shape index (κ2) is 13.1. The van der Waals surface area contributed by atoms with Gasteiger partial charge in [0, 0.05) is 16.1 Å². The van der Waals surface area contributed by atoms with Gasteiger partial charge in [0.1, 0.15) is 11.6 Å². The highest BCUT2D eigenvalue weighted by molar-refractivity contribution is 9.10. The van der Waals surface area contributed by atoms with Gasteiger partial charge in [0.15, 0.2) is 18.1 Å². The highest BCUT2D eigenvalue weighted by Gasteiger charge is 2.22. The highest BCUT2D eigenvalue weighted by Crippen LogP contribution is 2.32. The second-order valence-electron chi connectivity index (χ2n) is 9.81. The lowest BCUT2D eigenvalue weighted by atomic mass is 9.88. The molecule has 4 aromatic rings. The number of ether oxygens (including phenoxy) is 2. The Balaban J connectivity index is 1.39. The van der Waals surface area contributed by atoms with Crippen LogP contribution in [0.5, 0.6) is 11.5 Å². The summed E-state index contributed by atoms with van der Waals surface area (Å²) in [5, 5.41) is 7.69. The number of carbonyl (C=O) groups is 1. The molecule has 0 spiro atoms. The van der Waals surface area contributed by atoms with Crippen LogP contribution in [0.3, 0.4) is 0 Å². The van der Waals surface area contributed by atoms with E-state index in [9.17, 15) is 14.0 Å². The fourth-order valence-corrected chi connectivity index (χ4v) is 5.29. The third-order valence-electron chi connectivity index (χ3n) is 6.86. The molecule has 1 aliphatic carbocycles. The summed E-state index contributed by atoms with van der Waals surface area (Å²) < 4.78 is 27.1. The summed E-state index contributed by atoms with van der Waals surface area (Å²) in [7, 11) is 0. The zero-order valence-electron chi connectivity index (χ0n) is 22.6. The van der Waals surface area contributed by atoms with Gasteiger partial charge in [-0.15, -0.1) is 0 Å². The molecule has 1 aliphatic rings. The highest BCUT2D eigenvalue weighted by atomic mass is 79.9. The maximum absolute atomic E-state index is 13.6. The van der Waals surface area contributed by atoms with E-state index in [1.165, 1.54) is 29.3 Å². The summed E-state index contributed by atoms with van der Waals surface area (Å²) in [6.45, 7) is 1.93. The predicted molar refractivity (Wildman–Crippen MR) is 161 cm³/mol. The molecule has 1 amide bonds. The van der Waals surface area contributed by atoms with E-state index in [4.69, 9.17) is 14.5 Å². The zero-order chi connectivity index (χ0) is 28.8. The number of nitrogens with zero attached hydrogens (tertiary/aromatic N) is 3. The molecule has 1 aromatic heterocycles. The first-order chi connectivity index (χ1) is 19.9. The van der Waals surface area contributed by atoms with Gasteiger partial charge in [-0.25, -0.2) is 9.37 Å². The molecule has 0 unspecified atom stereocenters. The number of benzene rings is 3. The molecule has 0 aliphatic heterocycles. The third kappa shape index (κ3) is 7.00. The molecule has 1 N–H and O–H groups in total. The van der Waals surface area contributed by atoms with Gasteiger partial charge in [-0.1, -0.05) is 41.3 Å². The minimum absolute atomic E-state index is 0.162. The lowest BCUT2D eigenvalue weighted by Gasteiger charge is -2.22. The van der Waals surface area contributed by atoms with Gasteiger partial charge in [-0.2, -0.15) is 9.78 Å². The number of anilines is 1. The Morgan fingerprint density at radius 1 is 1.10 bits per heavy atom. The van der Waals surface area contributed by atoms with Crippen LogP contribution in [0.1, 0.15) is 56.3 Å². The van der Waals surface area contributed by atoms with Gasteiger partial charge in [-0.05, 0) is 79.9 Å². The number of fused-ring (bicyclic) bond motifs is 1. The first kappa shape index (κ1) is 28.5. The number of aromatic nitrogens is 2. The Morgan fingerprint density at radius 3 is 2.71 bits per heavy atom. The standard InChI is InChI=1S/C31H30BrFN4O4/c1-2-40-28-15-20(11-14-27(28)41-19-29(38)35-24-10-6-9-23(33)17-24)18-34-37-30(21-7-4-3-5-8-21)36-26-13-12-22(32)16-25(26)31(37)39/h6,9-18,21H,2-5,7-8,19H2,1H3,(H,35,38). The van der Waals surface area contributed by atoms with Gasteiger partial charge >= 0.3 is 0 Å². The molecule has 8 nitrogen and oxygen atoms in total. The average molecular weight is 622 g/mol. The number of hydrogen-bond acceptors (Lipinski definition) is 6. The van der Waals surface area contributed by atoms with Gasteiger partial charge < -0.3 is 14.8 Å². The van der Waals surface area contributed by atoms with Crippen molar-refractivity contribution >= 4 is 44.6 Å². The average Bonchev–Trinajstić information content (AvgIpc) is 2.97. The molecule has 1 saturated carbocycles. The lowest BCUT2D eigenvalue weighted by molar-refractivity contribution is -0.118. The predicted octanol–water partition coefficient (Wildman–Crippen LogP) is 6.64. The van der Waals surface area contributed by atoms with Crippen molar-refractivity contribution in [2.45, 2.75) is 44.9 Å². The van der Waals surface area contributed by atoms with Crippen LogP contribution in [0.2, 0.25) is 0 Å². The molecule has 10 heteroatoms. The Morgan fingerprint density at radius 2 is 1.93 bits per heavy atom. The number of nitrogens with one attached hydrogen (secondary N) is 1. The van der Waals surface area contributed by atoms with E-state index in [0.717, 1.165) is 30.2 Å². The van der Waals surface area contributed by atoms with E-state index < -0.39 is 11.7 Å². The summed E-state index contributed by atoms with van der Waals surface area (Å²) in [4.78, 5) is 30.8. The van der Waals surface area contributed by atoms with Crippen LogP contribution in [-0.4, -0.2) is 35.0 Å². The summed E-state index contributed by atoms with van der Waals surface area (Å²) in [5.74, 6) is 0.755. The van der Waals surface area contributed by atoms with Crippen molar-refractivity contribution in [2.24, 2.45) is 5.10 Å². The Kier molecular flexibility index (Phi) is 9.08. The van der Waals surface area contributed by atoms with Crippen molar-refractivity contribution in [3.63, 3.8) is 0 Å². The summed E-state index contributed by atoms with van der Waals surface area (Å²) >= 11 is 3.45. The van der Waals surface area contributed by atoms with Crippen LogP contribution < -0.4 is 20.3 Å². The molecule has 1 fully saturated rings. The molecule has 212 valence electrons. The molecule has 0 saturated heterocycles. The molecule has 0 atom stereocenters. The van der Waals surface area contributed by atoms with E-state index in [1.54, 1.807) is 36.5 Å². The van der Waals surface area contributed by atoms with E-state index in [0.29, 0.717) is 46.1 Å². The van der Waals surface area contributed by atoms with Crippen LogP contribution >= 0.6 is 15.9 Å². The largest absolute Gasteiger partial charge is 0.490 e. The van der Waals surface area contributed by atoms with E-state index in [2.05, 4.69) is 26.3 Å². The number of hydrogen-bond donors (Lipinski definition) is 1. The summed E-state index contributed by atoms with van der Waals surface area (Å²) in [5.41, 5.74) is 1.46. The smallest absolute Gasteiger partial charge is 0.282 e.